The highest BCUT2D eigenvalue weighted by Gasteiger charge is 2.22. The molecule has 1 aliphatic rings. The van der Waals surface area contributed by atoms with Gasteiger partial charge in [-0.15, -0.1) is 0 Å². The summed E-state index contributed by atoms with van der Waals surface area (Å²) >= 11 is 0. The van der Waals surface area contributed by atoms with Crippen LogP contribution >= 0.6 is 0 Å². The monoisotopic (exact) mass is 256 g/mol. The molecule has 0 spiro atoms. The van der Waals surface area contributed by atoms with E-state index < -0.39 is 0 Å². The van der Waals surface area contributed by atoms with Crippen molar-refractivity contribution >= 4 is 0 Å². The molecule has 98 valence electrons. The van der Waals surface area contributed by atoms with Crippen molar-refractivity contribution < 1.29 is 9.47 Å². The van der Waals surface area contributed by atoms with Gasteiger partial charge in [0, 0.05) is 29.6 Å². The second-order valence-corrected chi connectivity index (χ2v) is 4.50. The number of ether oxygens (including phenoxy) is 2. The molecule has 3 rings (SSSR count). The second-order valence-electron chi connectivity index (χ2n) is 4.50. The van der Waals surface area contributed by atoms with Gasteiger partial charge in [0.25, 0.3) is 0 Å². The van der Waals surface area contributed by atoms with Crippen molar-refractivity contribution in [2.75, 3.05) is 13.7 Å². The fraction of sp³-hybridized carbons (Fsp3) is 0.267. The van der Waals surface area contributed by atoms with Crippen molar-refractivity contribution in [3.63, 3.8) is 0 Å². The average Bonchev–Trinajstić information content (AvgIpc) is 2.88. The van der Waals surface area contributed by atoms with Crippen LogP contribution in [0.15, 0.2) is 42.7 Å². The summed E-state index contributed by atoms with van der Waals surface area (Å²) in [6.45, 7) is 1.19. The molecule has 0 saturated heterocycles. The largest absolute Gasteiger partial charge is 0.491 e. The summed E-state index contributed by atoms with van der Waals surface area (Å²) in [4.78, 5) is 4.06. The van der Waals surface area contributed by atoms with E-state index in [-0.39, 0.29) is 6.04 Å². The summed E-state index contributed by atoms with van der Waals surface area (Å²) in [5.74, 6) is 1.72. The minimum absolute atomic E-state index is 0.280. The number of nitrogens with one attached hydrogen (secondary N) is 1. The molecule has 1 aromatic heterocycles. The molecule has 1 aromatic carbocycles. The highest BCUT2D eigenvalue weighted by molar-refractivity contribution is 5.45. The van der Waals surface area contributed by atoms with Gasteiger partial charge in [0.15, 0.2) is 0 Å². The van der Waals surface area contributed by atoms with E-state index in [0.717, 1.165) is 17.1 Å². The van der Waals surface area contributed by atoms with E-state index >= 15 is 0 Å². The molecule has 4 heteroatoms. The minimum atomic E-state index is 0.280. The third-order valence-electron chi connectivity index (χ3n) is 3.24. The van der Waals surface area contributed by atoms with E-state index in [1.807, 2.05) is 31.3 Å². The van der Waals surface area contributed by atoms with Gasteiger partial charge in [-0.3, -0.25) is 4.98 Å². The number of nitrogens with zero attached hydrogens (tertiary/aromatic N) is 1. The molecule has 1 atom stereocenters. The Kier molecular flexibility index (Phi) is 3.33. The highest BCUT2D eigenvalue weighted by atomic mass is 16.5. The predicted molar refractivity (Wildman–Crippen MR) is 72.3 cm³/mol. The summed E-state index contributed by atoms with van der Waals surface area (Å²) in [6, 6.07) is 10.2. The molecular formula is C15H16N2O2. The molecule has 0 radical (unpaired) electrons. The summed E-state index contributed by atoms with van der Waals surface area (Å²) in [5, 5.41) is 3.22. The minimum Gasteiger partial charge on any atom is -0.491 e. The van der Waals surface area contributed by atoms with Crippen LogP contribution < -0.4 is 14.8 Å². The topological polar surface area (TPSA) is 43.4 Å². The first-order chi connectivity index (χ1) is 9.36. The molecule has 0 fully saturated rings. The standard InChI is InChI=1S/C15H16N2O2/c1-16-14-10-19-15-7-12(4-5-13(14)15)18-9-11-3-2-6-17-8-11/h2-8,14,16H,9-10H2,1H3. The average molecular weight is 256 g/mol. The normalized spacial score (nSPS) is 16.8. The van der Waals surface area contributed by atoms with E-state index in [4.69, 9.17) is 9.47 Å². The van der Waals surface area contributed by atoms with Crippen molar-refractivity contribution in [2.24, 2.45) is 0 Å². The number of likely N-dealkylation sites (N-methyl/N-ethyl adjacent to an activating group) is 1. The maximum Gasteiger partial charge on any atom is 0.127 e. The lowest BCUT2D eigenvalue weighted by molar-refractivity contribution is 0.298. The molecule has 1 unspecified atom stereocenters. The van der Waals surface area contributed by atoms with E-state index in [0.29, 0.717) is 13.2 Å². The first-order valence-corrected chi connectivity index (χ1v) is 6.32. The molecule has 0 bridgehead atoms. The Labute approximate surface area is 112 Å². The van der Waals surface area contributed by atoms with Gasteiger partial charge in [-0.1, -0.05) is 6.07 Å². The van der Waals surface area contributed by atoms with E-state index in [9.17, 15) is 0 Å². The number of aromatic nitrogens is 1. The second kappa shape index (κ2) is 5.28. The number of fused-ring (bicyclic) bond motifs is 1. The lowest BCUT2D eigenvalue weighted by Gasteiger charge is -2.09. The Hall–Kier alpha value is -2.07. The van der Waals surface area contributed by atoms with Gasteiger partial charge in [-0.05, 0) is 25.2 Å². The van der Waals surface area contributed by atoms with Crippen LogP contribution in [0.25, 0.3) is 0 Å². The van der Waals surface area contributed by atoms with Crippen molar-refractivity contribution in [1.29, 1.82) is 0 Å². The van der Waals surface area contributed by atoms with Gasteiger partial charge < -0.3 is 14.8 Å². The third-order valence-corrected chi connectivity index (χ3v) is 3.24. The molecule has 1 aliphatic heterocycles. The molecule has 4 nitrogen and oxygen atoms in total. The molecule has 1 N–H and O–H groups in total. The summed E-state index contributed by atoms with van der Waals surface area (Å²) in [6.07, 6.45) is 3.56. The van der Waals surface area contributed by atoms with Gasteiger partial charge in [-0.25, -0.2) is 0 Å². The molecule has 2 aromatic rings. The smallest absolute Gasteiger partial charge is 0.127 e. The van der Waals surface area contributed by atoms with Gasteiger partial charge in [0.05, 0.1) is 6.04 Å². The van der Waals surface area contributed by atoms with Crippen LogP contribution in [0, 0.1) is 0 Å². The molecule has 2 heterocycles. The fourth-order valence-electron chi connectivity index (χ4n) is 2.17. The van der Waals surface area contributed by atoms with Crippen LogP contribution in [0.3, 0.4) is 0 Å². The van der Waals surface area contributed by atoms with Gasteiger partial charge >= 0.3 is 0 Å². The quantitative estimate of drug-likeness (QED) is 0.911. The molecule has 0 amide bonds. The molecule has 0 saturated carbocycles. The lowest BCUT2D eigenvalue weighted by Crippen LogP contribution is -2.17. The fourth-order valence-corrected chi connectivity index (χ4v) is 2.17. The predicted octanol–water partition coefficient (Wildman–Crippen LogP) is 2.31. The zero-order valence-electron chi connectivity index (χ0n) is 10.8. The Morgan fingerprint density at radius 3 is 3.16 bits per heavy atom. The number of rotatable bonds is 4. The molecular weight excluding hydrogens is 240 g/mol. The maximum atomic E-state index is 5.75. The number of pyridine rings is 1. The Balaban J connectivity index is 1.70. The van der Waals surface area contributed by atoms with Gasteiger partial charge in [0.2, 0.25) is 0 Å². The SMILES string of the molecule is CNC1COc2cc(OCc3cccnc3)ccc21. The first kappa shape index (κ1) is 12.0. The van der Waals surface area contributed by atoms with E-state index in [2.05, 4.69) is 16.4 Å². The first-order valence-electron chi connectivity index (χ1n) is 6.32. The number of benzene rings is 1. The zero-order valence-corrected chi connectivity index (χ0v) is 10.8. The maximum absolute atomic E-state index is 5.75. The lowest BCUT2D eigenvalue weighted by atomic mass is 10.1. The van der Waals surface area contributed by atoms with Crippen LogP contribution in [0.1, 0.15) is 17.2 Å². The van der Waals surface area contributed by atoms with Crippen LogP contribution in [0.4, 0.5) is 0 Å². The summed E-state index contributed by atoms with van der Waals surface area (Å²) in [7, 11) is 1.94. The summed E-state index contributed by atoms with van der Waals surface area (Å²) in [5.41, 5.74) is 2.24. The Bertz CT molecular complexity index is 557. The third kappa shape index (κ3) is 2.53. The summed E-state index contributed by atoms with van der Waals surface area (Å²) < 4.78 is 11.4. The van der Waals surface area contributed by atoms with Crippen molar-refractivity contribution in [3.8, 4) is 11.5 Å². The van der Waals surface area contributed by atoms with Gasteiger partial charge in [0.1, 0.15) is 24.7 Å². The van der Waals surface area contributed by atoms with Crippen LogP contribution in [0.5, 0.6) is 11.5 Å². The number of hydrogen-bond acceptors (Lipinski definition) is 4. The Morgan fingerprint density at radius 1 is 1.42 bits per heavy atom. The van der Waals surface area contributed by atoms with Crippen molar-refractivity contribution in [1.82, 2.24) is 10.3 Å². The van der Waals surface area contributed by atoms with Crippen LogP contribution in [0.2, 0.25) is 0 Å². The van der Waals surface area contributed by atoms with Gasteiger partial charge in [-0.2, -0.15) is 0 Å². The van der Waals surface area contributed by atoms with E-state index in [1.54, 1.807) is 12.4 Å². The van der Waals surface area contributed by atoms with Crippen LogP contribution in [-0.4, -0.2) is 18.6 Å². The van der Waals surface area contributed by atoms with Crippen molar-refractivity contribution in [3.05, 3.63) is 53.9 Å². The number of hydrogen-bond donors (Lipinski definition) is 1. The van der Waals surface area contributed by atoms with Crippen molar-refractivity contribution in [2.45, 2.75) is 12.6 Å². The Morgan fingerprint density at radius 2 is 2.37 bits per heavy atom. The molecule has 19 heavy (non-hydrogen) atoms. The van der Waals surface area contributed by atoms with Crippen LogP contribution in [-0.2, 0) is 6.61 Å². The zero-order chi connectivity index (χ0) is 13.1. The highest BCUT2D eigenvalue weighted by Crippen LogP contribution is 2.35. The van der Waals surface area contributed by atoms with E-state index in [1.165, 1.54) is 5.56 Å². The molecule has 0 aliphatic carbocycles.